The summed E-state index contributed by atoms with van der Waals surface area (Å²) in [4.78, 5) is 0. The number of halogens is 2. The van der Waals surface area contributed by atoms with Crippen LogP contribution in [0.25, 0.3) is 39.0 Å². The van der Waals surface area contributed by atoms with Crippen molar-refractivity contribution in [2.45, 2.75) is 44.4 Å². The van der Waals surface area contributed by atoms with Crippen molar-refractivity contribution in [1.29, 1.82) is 0 Å². The molecular weight excluding hydrogens is 475 g/mol. The lowest BCUT2D eigenvalue weighted by atomic mass is 9.82. The van der Waals surface area contributed by atoms with Crippen molar-refractivity contribution >= 4 is 56.8 Å². The number of nitrogens with one attached hydrogen (secondary N) is 3. The van der Waals surface area contributed by atoms with Crippen LogP contribution in [0.1, 0.15) is 36.1 Å². The van der Waals surface area contributed by atoms with Gasteiger partial charge in [-0.25, -0.2) is 0 Å². The Balaban J connectivity index is 1.90. The highest BCUT2D eigenvalue weighted by Gasteiger charge is 2.35. The summed E-state index contributed by atoms with van der Waals surface area (Å²) in [6, 6.07) is 13.5. The van der Waals surface area contributed by atoms with Crippen LogP contribution in [-0.2, 0) is 13.0 Å². The van der Waals surface area contributed by atoms with Crippen LogP contribution in [-0.4, -0.2) is 30.7 Å². The van der Waals surface area contributed by atoms with Gasteiger partial charge in [0.15, 0.2) is 0 Å². The maximum absolute atomic E-state index is 6.59. The smallest absolute Gasteiger partial charge is 0.0742 e. The molecular formula is C29H30Cl2N4. The SMILES string of the molecule is C=Cc1c(CNC)c2c3c4c1c1ccc(Cl)cc1n4C(Cc1cc(Cl)ccc1-2)CC(NC)C(C)N3. The second kappa shape index (κ2) is 8.56. The first kappa shape index (κ1) is 22.9. The van der Waals surface area contributed by atoms with Gasteiger partial charge in [0, 0.05) is 51.1 Å². The third kappa shape index (κ3) is 3.35. The molecule has 4 nitrogen and oxygen atoms in total. The first-order chi connectivity index (χ1) is 17.0. The fourth-order valence-corrected chi connectivity index (χ4v) is 6.82. The predicted octanol–water partition coefficient (Wildman–Crippen LogP) is 7.02. The van der Waals surface area contributed by atoms with Gasteiger partial charge in [0.05, 0.1) is 16.7 Å². The highest BCUT2D eigenvalue weighted by molar-refractivity contribution is 6.32. The summed E-state index contributed by atoms with van der Waals surface area (Å²) in [6.45, 7) is 7.30. The molecule has 0 fully saturated rings. The first-order valence-electron chi connectivity index (χ1n) is 12.3. The molecule has 0 amide bonds. The van der Waals surface area contributed by atoms with E-state index in [2.05, 4.69) is 65.3 Å². The Morgan fingerprint density at radius 2 is 1.91 bits per heavy atom. The Bertz CT molecular complexity index is 1500. The zero-order chi connectivity index (χ0) is 24.4. The number of hydrogen-bond donors (Lipinski definition) is 3. The fourth-order valence-electron chi connectivity index (χ4n) is 6.46. The van der Waals surface area contributed by atoms with E-state index in [0.717, 1.165) is 29.4 Å². The third-order valence-corrected chi connectivity index (χ3v) is 8.41. The molecule has 35 heavy (non-hydrogen) atoms. The van der Waals surface area contributed by atoms with Gasteiger partial charge in [-0.3, -0.25) is 0 Å². The van der Waals surface area contributed by atoms with E-state index in [1.54, 1.807) is 0 Å². The molecule has 0 saturated carbocycles. The number of anilines is 1. The van der Waals surface area contributed by atoms with E-state index in [-0.39, 0.29) is 12.1 Å². The molecule has 0 saturated heterocycles. The molecule has 4 aromatic rings. The van der Waals surface area contributed by atoms with Gasteiger partial charge < -0.3 is 20.5 Å². The average molecular weight is 505 g/mol. The lowest BCUT2D eigenvalue weighted by Crippen LogP contribution is -2.44. The molecule has 3 heterocycles. The van der Waals surface area contributed by atoms with Crippen molar-refractivity contribution in [2.75, 3.05) is 19.4 Å². The van der Waals surface area contributed by atoms with Crippen LogP contribution < -0.4 is 16.0 Å². The van der Waals surface area contributed by atoms with Gasteiger partial charge in [0.1, 0.15) is 0 Å². The number of benzene rings is 3. The van der Waals surface area contributed by atoms with Crippen molar-refractivity contribution in [3.05, 3.63) is 69.7 Å². The molecule has 3 aromatic carbocycles. The maximum atomic E-state index is 6.59. The Labute approximate surface area is 216 Å². The number of nitrogens with zero attached hydrogens (tertiary/aromatic N) is 1. The highest BCUT2D eigenvalue weighted by Crippen LogP contribution is 2.51. The summed E-state index contributed by atoms with van der Waals surface area (Å²) >= 11 is 13.2. The molecule has 2 aliphatic rings. The summed E-state index contributed by atoms with van der Waals surface area (Å²) in [7, 11) is 4.07. The minimum Gasteiger partial charge on any atom is -0.379 e. The minimum atomic E-state index is 0.243. The van der Waals surface area contributed by atoms with Gasteiger partial charge in [0.25, 0.3) is 0 Å². The van der Waals surface area contributed by atoms with Crippen molar-refractivity contribution in [1.82, 2.24) is 15.2 Å². The Morgan fingerprint density at radius 3 is 2.66 bits per heavy atom. The van der Waals surface area contributed by atoms with E-state index in [0.29, 0.717) is 6.04 Å². The maximum Gasteiger partial charge on any atom is 0.0742 e. The molecule has 0 spiro atoms. The monoisotopic (exact) mass is 504 g/mol. The molecule has 2 aliphatic heterocycles. The number of aromatic nitrogens is 1. The summed E-state index contributed by atoms with van der Waals surface area (Å²) in [5.74, 6) is 0. The average Bonchev–Trinajstić information content (AvgIpc) is 3.14. The van der Waals surface area contributed by atoms with Crippen molar-refractivity contribution in [3.63, 3.8) is 0 Å². The number of rotatable bonds is 4. The number of fused-ring (bicyclic) bond motifs is 4. The first-order valence-corrected chi connectivity index (χ1v) is 13.0. The molecule has 4 bridgehead atoms. The molecule has 1 aromatic heterocycles. The van der Waals surface area contributed by atoms with E-state index >= 15 is 0 Å². The van der Waals surface area contributed by atoms with Gasteiger partial charge >= 0.3 is 0 Å². The van der Waals surface area contributed by atoms with Crippen LogP contribution >= 0.6 is 23.2 Å². The lowest BCUT2D eigenvalue weighted by Gasteiger charge is -2.38. The van der Waals surface area contributed by atoms with Gasteiger partial charge in [-0.05, 0) is 80.4 Å². The Kier molecular flexibility index (Phi) is 5.61. The standard InChI is InChI=1S/C29H30Cl2N4/c1-5-20-23(14-32-3)26-21-8-6-17(30)10-16(21)11-19-13-24(33-4)15(2)34-28(26)29-27(20)22-9-7-18(31)12-25(22)35(19)29/h5-10,12,15,19,24,32-34H,1,11,13-14H2,2-4H3. The van der Waals surface area contributed by atoms with E-state index in [9.17, 15) is 0 Å². The van der Waals surface area contributed by atoms with E-state index in [1.807, 2.05) is 25.3 Å². The summed E-state index contributed by atoms with van der Waals surface area (Å²) < 4.78 is 2.54. The van der Waals surface area contributed by atoms with E-state index in [4.69, 9.17) is 23.2 Å². The molecule has 6 heteroatoms. The van der Waals surface area contributed by atoms with Gasteiger partial charge in [-0.15, -0.1) is 0 Å². The molecule has 3 atom stereocenters. The van der Waals surface area contributed by atoms with Gasteiger partial charge in [-0.1, -0.05) is 48.0 Å². The van der Waals surface area contributed by atoms with E-state index < -0.39 is 0 Å². The normalized spacial score (nSPS) is 20.9. The van der Waals surface area contributed by atoms with Crippen LogP contribution in [0, 0.1) is 0 Å². The van der Waals surface area contributed by atoms with Crippen LogP contribution in [0.2, 0.25) is 10.0 Å². The third-order valence-electron chi connectivity index (χ3n) is 7.94. The predicted molar refractivity (Wildman–Crippen MR) is 151 cm³/mol. The lowest BCUT2D eigenvalue weighted by molar-refractivity contribution is 0.373. The molecule has 3 N–H and O–H groups in total. The second-order valence-electron chi connectivity index (χ2n) is 9.86. The summed E-state index contributed by atoms with van der Waals surface area (Å²) in [6.07, 6.45) is 3.91. The zero-order valence-electron chi connectivity index (χ0n) is 20.3. The Hall–Kier alpha value is -2.50. The topological polar surface area (TPSA) is 41.0 Å². The number of likely N-dealkylation sites (N-methyl/N-ethyl adjacent to an activating group) is 1. The summed E-state index contributed by atoms with van der Waals surface area (Å²) in [5, 5.41) is 15.0. The largest absolute Gasteiger partial charge is 0.379 e. The van der Waals surface area contributed by atoms with Crippen LogP contribution in [0.15, 0.2) is 43.0 Å². The molecule has 0 radical (unpaired) electrons. The van der Waals surface area contributed by atoms with E-state index in [1.165, 1.54) is 55.3 Å². The molecule has 180 valence electrons. The number of hydrogen-bond acceptors (Lipinski definition) is 3. The molecule has 0 aliphatic carbocycles. The molecule has 6 rings (SSSR count). The highest BCUT2D eigenvalue weighted by atomic mass is 35.5. The Morgan fingerprint density at radius 1 is 1.14 bits per heavy atom. The molecule has 3 unspecified atom stereocenters. The van der Waals surface area contributed by atoms with Crippen molar-refractivity contribution < 1.29 is 0 Å². The summed E-state index contributed by atoms with van der Waals surface area (Å²) in [5.41, 5.74) is 9.81. The van der Waals surface area contributed by atoms with Gasteiger partial charge in [-0.2, -0.15) is 0 Å². The quantitative estimate of drug-likeness (QED) is 0.279. The van der Waals surface area contributed by atoms with Crippen LogP contribution in [0.3, 0.4) is 0 Å². The van der Waals surface area contributed by atoms with Gasteiger partial charge in [0.2, 0.25) is 0 Å². The second-order valence-corrected chi connectivity index (χ2v) is 10.7. The van der Waals surface area contributed by atoms with Crippen LogP contribution in [0.5, 0.6) is 0 Å². The fraction of sp³-hybridized carbons (Fsp3) is 0.310. The van der Waals surface area contributed by atoms with Crippen LogP contribution in [0.4, 0.5) is 5.69 Å². The zero-order valence-corrected chi connectivity index (χ0v) is 21.8. The minimum absolute atomic E-state index is 0.243. The van der Waals surface area contributed by atoms with Crippen molar-refractivity contribution in [3.8, 4) is 11.1 Å². The van der Waals surface area contributed by atoms with Crippen molar-refractivity contribution in [2.24, 2.45) is 0 Å².